The topological polar surface area (TPSA) is 29.1 Å². The maximum Gasteiger partial charge on any atom is 0.227 e. The molecule has 0 aromatic heterocycles. The fraction of sp³-hybridized carbons (Fsp3) is 0.632. The zero-order valence-electron chi connectivity index (χ0n) is 13.7. The lowest BCUT2D eigenvalue weighted by molar-refractivity contribution is -0.121. The lowest BCUT2D eigenvalue weighted by atomic mass is 9.79. The highest BCUT2D eigenvalue weighted by Gasteiger charge is 2.26. The van der Waals surface area contributed by atoms with Crippen LogP contribution in [0.3, 0.4) is 0 Å². The van der Waals surface area contributed by atoms with E-state index in [1.54, 1.807) is 0 Å². The standard InChI is InChI=1S/C19H29NO/c1-4-5-6-16-9-11-17(12-10-16)19(21)20-18-13-14(2)7-8-15(18)3/h7-8,13,16-17H,4-6,9-12H2,1-3H3,(H,20,21). The van der Waals surface area contributed by atoms with E-state index in [9.17, 15) is 4.79 Å². The highest BCUT2D eigenvalue weighted by atomic mass is 16.1. The number of rotatable bonds is 5. The van der Waals surface area contributed by atoms with Gasteiger partial charge < -0.3 is 5.32 Å². The van der Waals surface area contributed by atoms with Gasteiger partial charge in [-0.25, -0.2) is 0 Å². The number of carbonyl (C=O) groups excluding carboxylic acids is 1. The first-order chi connectivity index (χ1) is 10.1. The van der Waals surface area contributed by atoms with E-state index in [4.69, 9.17) is 0 Å². The Morgan fingerprint density at radius 3 is 2.57 bits per heavy atom. The van der Waals surface area contributed by atoms with Gasteiger partial charge in [0.05, 0.1) is 0 Å². The molecule has 21 heavy (non-hydrogen) atoms. The third kappa shape index (κ3) is 4.59. The molecule has 1 amide bonds. The van der Waals surface area contributed by atoms with Crippen molar-refractivity contribution in [1.29, 1.82) is 0 Å². The second-order valence-electron chi connectivity index (χ2n) is 6.67. The van der Waals surface area contributed by atoms with Crippen molar-refractivity contribution < 1.29 is 4.79 Å². The van der Waals surface area contributed by atoms with Gasteiger partial charge in [-0.15, -0.1) is 0 Å². The summed E-state index contributed by atoms with van der Waals surface area (Å²) in [5, 5.41) is 3.14. The first-order valence-electron chi connectivity index (χ1n) is 8.48. The summed E-state index contributed by atoms with van der Waals surface area (Å²) in [5.74, 6) is 1.29. The third-order valence-electron chi connectivity index (χ3n) is 4.83. The maximum absolute atomic E-state index is 12.4. The normalized spacial score (nSPS) is 22.0. The van der Waals surface area contributed by atoms with Gasteiger partial charge in [-0.1, -0.05) is 38.3 Å². The van der Waals surface area contributed by atoms with E-state index in [1.165, 1.54) is 37.7 Å². The number of benzene rings is 1. The number of anilines is 1. The van der Waals surface area contributed by atoms with Crippen LogP contribution in [0.25, 0.3) is 0 Å². The van der Waals surface area contributed by atoms with Crippen molar-refractivity contribution in [2.45, 2.75) is 65.7 Å². The van der Waals surface area contributed by atoms with Crippen molar-refractivity contribution in [2.75, 3.05) is 5.32 Å². The number of hydrogen-bond donors (Lipinski definition) is 1. The molecule has 1 fully saturated rings. The number of unbranched alkanes of at least 4 members (excludes halogenated alkanes) is 1. The van der Waals surface area contributed by atoms with Crippen LogP contribution in [0.5, 0.6) is 0 Å². The van der Waals surface area contributed by atoms with Crippen LogP contribution in [0, 0.1) is 25.7 Å². The fourth-order valence-corrected chi connectivity index (χ4v) is 3.31. The first-order valence-corrected chi connectivity index (χ1v) is 8.48. The fourth-order valence-electron chi connectivity index (χ4n) is 3.31. The predicted molar refractivity (Wildman–Crippen MR) is 89.5 cm³/mol. The molecular formula is C19H29NO. The number of amides is 1. The summed E-state index contributed by atoms with van der Waals surface area (Å²) >= 11 is 0. The van der Waals surface area contributed by atoms with E-state index in [-0.39, 0.29) is 11.8 Å². The van der Waals surface area contributed by atoms with Gasteiger partial charge in [-0.2, -0.15) is 0 Å². The zero-order chi connectivity index (χ0) is 15.2. The molecular weight excluding hydrogens is 258 g/mol. The average molecular weight is 287 g/mol. The summed E-state index contributed by atoms with van der Waals surface area (Å²) in [4.78, 5) is 12.4. The van der Waals surface area contributed by atoms with Crippen molar-refractivity contribution in [3.05, 3.63) is 29.3 Å². The minimum atomic E-state index is 0.211. The molecule has 116 valence electrons. The molecule has 1 saturated carbocycles. The quantitative estimate of drug-likeness (QED) is 0.788. The van der Waals surface area contributed by atoms with Crippen molar-refractivity contribution in [3.63, 3.8) is 0 Å². The highest BCUT2D eigenvalue weighted by molar-refractivity contribution is 5.93. The van der Waals surface area contributed by atoms with Crippen LogP contribution in [0.4, 0.5) is 5.69 Å². The van der Waals surface area contributed by atoms with Crippen LogP contribution in [-0.2, 0) is 4.79 Å². The van der Waals surface area contributed by atoms with Crippen LogP contribution in [-0.4, -0.2) is 5.91 Å². The summed E-state index contributed by atoms with van der Waals surface area (Å²) in [6, 6.07) is 6.23. The summed E-state index contributed by atoms with van der Waals surface area (Å²) in [5.41, 5.74) is 3.32. The van der Waals surface area contributed by atoms with E-state index in [0.29, 0.717) is 0 Å². The molecule has 1 aliphatic carbocycles. The van der Waals surface area contributed by atoms with Crippen LogP contribution < -0.4 is 5.32 Å². The Bertz CT molecular complexity index is 472. The summed E-state index contributed by atoms with van der Waals surface area (Å²) in [6.07, 6.45) is 8.55. The molecule has 0 unspecified atom stereocenters. The summed E-state index contributed by atoms with van der Waals surface area (Å²) in [7, 11) is 0. The smallest absolute Gasteiger partial charge is 0.227 e. The molecule has 0 radical (unpaired) electrons. The number of hydrogen-bond acceptors (Lipinski definition) is 1. The number of carbonyl (C=O) groups is 1. The van der Waals surface area contributed by atoms with E-state index in [1.807, 2.05) is 0 Å². The van der Waals surface area contributed by atoms with Crippen LogP contribution in [0.15, 0.2) is 18.2 Å². The molecule has 0 saturated heterocycles. The van der Waals surface area contributed by atoms with Crippen molar-refractivity contribution >= 4 is 11.6 Å². The van der Waals surface area contributed by atoms with Crippen LogP contribution >= 0.6 is 0 Å². The predicted octanol–water partition coefficient (Wildman–Crippen LogP) is 5.24. The summed E-state index contributed by atoms with van der Waals surface area (Å²) < 4.78 is 0. The molecule has 0 atom stereocenters. The second kappa shape index (κ2) is 7.63. The van der Waals surface area contributed by atoms with Crippen LogP contribution in [0.1, 0.15) is 63.0 Å². The molecule has 1 N–H and O–H groups in total. The lowest BCUT2D eigenvalue weighted by Gasteiger charge is -2.28. The monoisotopic (exact) mass is 287 g/mol. The van der Waals surface area contributed by atoms with Crippen molar-refractivity contribution in [3.8, 4) is 0 Å². The molecule has 2 heteroatoms. The molecule has 0 spiro atoms. The Morgan fingerprint density at radius 2 is 1.90 bits per heavy atom. The Labute approximate surface area is 129 Å². The van der Waals surface area contributed by atoms with Crippen LogP contribution in [0.2, 0.25) is 0 Å². The van der Waals surface area contributed by atoms with Gasteiger partial charge in [0.15, 0.2) is 0 Å². The van der Waals surface area contributed by atoms with Gasteiger partial charge in [0.2, 0.25) is 5.91 Å². The number of aryl methyl sites for hydroxylation is 2. The molecule has 1 aliphatic rings. The van der Waals surface area contributed by atoms with Gasteiger partial charge in [-0.05, 0) is 62.6 Å². The van der Waals surface area contributed by atoms with E-state index in [2.05, 4.69) is 44.3 Å². The first kappa shape index (κ1) is 16.1. The Morgan fingerprint density at radius 1 is 1.19 bits per heavy atom. The highest BCUT2D eigenvalue weighted by Crippen LogP contribution is 2.32. The van der Waals surface area contributed by atoms with Crippen molar-refractivity contribution in [2.24, 2.45) is 11.8 Å². The molecule has 2 rings (SSSR count). The summed E-state index contributed by atoms with van der Waals surface area (Å²) in [6.45, 7) is 6.37. The SMILES string of the molecule is CCCCC1CCC(C(=O)Nc2cc(C)ccc2C)CC1. The van der Waals surface area contributed by atoms with Gasteiger partial charge in [0.1, 0.15) is 0 Å². The van der Waals surface area contributed by atoms with Gasteiger partial charge in [0.25, 0.3) is 0 Å². The Kier molecular flexibility index (Phi) is 5.84. The molecule has 0 aliphatic heterocycles. The van der Waals surface area contributed by atoms with Gasteiger partial charge in [0, 0.05) is 11.6 Å². The molecule has 0 heterocycles. The van der Waals surface area contributed by atoms with E-state index >= 15 is 0 Å². The largest absolute Gasteiger partial charge is 0.326 e. The molecule has 0 bridgehead atoms. The molecule has 1 aromatic rings. The van der Waals surface area contributed by atoms with E-state index in [0.717, 1.165) is 30.0 Å². The van der Waals surface area contributed by atoms with E-state index < -0.39 is 0 Å². The minimum Gasteiger partial charge on any atom is -0.326 e. The minimum absolute atomic E-state index is 0.211. The molecule has 2 nitrogen and oxygen atoms in total. The molecule has 1 aromatic carbocycles. The third-order valence-corrected chi connectivity index (χ3v) is 4.83. The maximum atomic E-state index is 12.4. The number of nitrogens with one attached hydrogen (secondary N) is 1. The second-order valence-corrected chi connectivity index (χ2v) is 6.67. The van der Waals surface area contributed by atoms with Gasteiger partial charge >= 0.3 is 0 Å². The average Bonchev–Trinajstić information content (AvgIpc) is 2.49. The lowest BCUT2D eigenvalue weighted by Crippen LogP contribution is -2.27. The zero-order valence-corrected chi connectivity index (χ0v) is 13.7. The van der Waals surface area contributed by atoms with Crippen molar-refractivity contribution in [1.82, 2.24) is 0 Å². The Hall–Kier alpha value is -1.31. The van der Waals surface area contributed by atoms with Gasteiger partial charge in [-0.3, -0.25) is 4.79 Å². The Balaban J connectivity index is 1.86.